The zero-order valence-corrected chi connectivity index (χ0v) is 17.7. The van der Waals surface area contributed by atoms with Gasteiger partial charge < -0.3 is 24.6 Å². The van der Waals surface area contributed by atoms with E-state index in [0.29, 0.717) is 19.3 Å². The molecule has 0 spiro atoms. The van der Waals surface area contributed by atoms with E-state index in [1.807, 2.05) is 4.90 Å². The molecule has 3 rings (SSSR count). The molecule has 0 aromatic heterocycles. The summed E-state index contributed by atoms with van der Waals surface area (Å²) in [7, 11) is 0. The number of ether oxygens (including phenoxy) is 2. The van der Waals surface area contributed by atoms with Crippen molar-refractivity contribution in [3.05, 3.63) is 35.4 Å². The minimum absolute atomic E-state index is 0.145. The van der Waals surface area contributed by atoms with E-state index >= 15 is 0 Å². The number of aliphatic imine (C=N–C) groups is 1. The zero-order valence-electron chi connectivity index (χ0n) is 17.7. The first-order chi connectivity index (χ1) is 14.2. The fourth-order valence-corrected chi connectivity index (χ4v) is 3.70. The predicted molar refractivity (Wildman–Crippen MR) is 114 cm³/mol. The van der Waals surface area contributed by atoms with Crippen molar-refractivity contribution in [1.29, 1.82) is 0 Å². The standard InChI is InChI=1S/C22H34N4O3/c1-3-23-22(26-11-9-25(10-12-26)18(2)27)24-16-19-5-4-6-20(15-19)17-29-21-7-13-28-14-8-21/h4-6,15,21H,3,7-14,16-17H2,1-2H3,(H,23,24). The van der Waals surface area contributed by atoms with Crippen molar-refractivity contribution in [3.8, 4) is 0 Å². The summed E-state index contributed by atoms with van der Waals surface area (Å²) in [5, 5.41) is 3.39. The topological polar surface area (TPSA) is 66.4 Å². The van der Waals surface area contributed by atoms with Gasteiger partial charge in [-0.3, -0.25) is 4.79 Å². The van der Waals surface area contributed by atoms with E-state index in [1.54, 1.807) is 6.92 Å². The van der Waals surface area contributed by atoms with Crippen molar-refractivity contribution in [2.24, 2.45) is 4.99 Å². The normalized spacial score (nSPS) is 18.8. The van der Waals surface area contributed by atoms with Gasteiger partial charge in [0.05, 0.1) is 19.3 Å². The van der Waals surface area contributed by atoms with Crippen LogP contribution in [-0.2, 0) is 27.4 Å². The number of rotatable bonds is 6. The number of hydrogen-bond acceptors (Lipinski definition) is 4. The van der Waals surface area contributed by atoms with Crippen molar-refractivity contribution in [3.63, 3.8) is 0 Å². The summed E-state index contributed by atoms with van der Waals surface area (Å²) >= 11 is 0. The van der Waals surface area contributed by atoms with E-state index in [0.717, 1.165) is 64.7 Å². The highest BCUT2D eigenvalue weighted by Gasteiger charge is 2.20. The molecule has 2 aliphatic rings. The van der Waals surface area contributed by atoms with Gasteiger partial charge in [-0.15, -0.1) is 0 Å². The molecule has 0 saturated carbocycles. The average Bonchev–Trinajstić information content (AvgIpc) is 2.76. The number of nitrogens with one attached hydrogen (secondary N) is 1. The lowest BCUT2D eigenvalue weighted by molar-refractivity contribution is -0.130. The van der Waals surface area contributed by atoms with Crippen molar-refractivity contribution >= 4 is 11.9 Å². The third-order valence-corrected chi connectivity index (χ3v) is 5.42. The molecule has 0 atom stereocenters. The van der Waals surface area contributed by atoms with E-state index in [2.05, 4.69) is 41.4 Å². The fourth-order valence-electron chi connectivity index (χ4n) is 3.70. The van der Waals surface area contributed by atoms with E-state index in [1.165, 1.54) is 11.1 Å². The van der Waals surface area contributed by atoms with Crippen LogP contribution < -0.4 is 5.32 Å². The highest BCUT2D eigenvalue weighted by molar-refractivity contribution is 5.80. The van der Waals surface area contributed by atoms with Gasteiger partial charge in [-0.1, -0.05) is 24.3 Å². The number of amides is 1. The van der Waals surface area contributed by atoms with Crippen molar-refractivity contribution in [2.45, 2.75) is 45.9 Å². The molecule has 29 heavy (non-hydrogen) atoms. The molecular weight excluding hydrogens is 368 g/mol. The van der Waals surface area contributed by atoms with Gasteiger partial charge in [0.25, 0.3) is 0 Å². The lowest BCUT2D eigenvalue weighted by Crippen LogP contribution is -2.53. The molecule has 7 heteroatoms. The lowest BCUT2D eigenvalue weighted by atomic mass is 10.1. The first-order valence-electron chi connectivity index (χ1n) is 10.7. The van der Waals surface area contributed by atoms with Crippen LogP contribution in [0.15, 0.2) is 29.3 Å². The number of benzene rings is 1. The summed E-state index contributed by atoms with van der Waals surface area (Å²) in [4.78, 5) is 20.5. The van der Waals surface area contributed by atoms with Crippen LogP contribution in [0.1, 0.15) is 37.8 Å². The first-order valence-corrected chi connectivity index (χ1v) is 10.7. The average molecular weight is 403 g/mol. The molecule has 0 aliphatic carbocycles. The van der Waals surface area contributed by atoms with Crippen LogP contribution in [0.25, 0.3) is 0 Å². The number of piperazine rings is 1. The van der Waals surface area contributed by atoms with E-state index in [-0.39, 0.29) is 5.91 Å². The Bertz CT molecular complexity index is 680. The van der Waals surface area contributed by atoms with Crippen molar-refractivity contribution in [1.82, 2.24) is 15.1 Å². The Kier molecular flexibility index (Phi) is 8.31. The van der Waals surface area contributed by atoms with E-state index in [9.17, 15) is 4.79 Å². The lowest BCUT2D eigenvalue weighted by Gasteiger charge is -2.36. The summed E-state index contributed by atoms with van der Waals surface area (Å²) in [5.74, 6) is 1.06. The maximum absolute atomic E-state index is 11.5. The summed E-state index contributed by atoms with van der Waals surface area (Å²) in [6.45, 7) is 10.5. The zero-order chi connectivity index (χ0) is 20.5. The maximum atomic E-state index is 11.5. The molecule has 2 fully saturated rings. The third-order valence-electron chi connectivity index (χ3n) is 5.42. The van der Waals surface area contributed by atoms with E-state index in [4.69, 9.17) is 14.5 Å². The second-order valence-electron chi connectivity index (χ2n) is 7.61. The highest BCUT2D eigenvalue weighted by Crippen LogP contribution is 2.15. The molecular formula is C22H34N4O3. The largest absolute Gasteiger partial charge is 0.381 e. The van der Waals surface area contributed by atoms with Crippen LogP contribution in [0.3, 0.4) is 0 Å². The van der Waals surface area contributed by atoms with Gasteiger partial charge in [0.1, 0.15) is 0 Å². The fraction of sp³-hybridized carbons (Fsp3) is 0.636. The second-order valence-corrected chi connectivity index (χ2v) is 7.61. The SMILES string of the molecule is CCNC(=NCc1cccc(COC2CCOCC2)c1)N1CCN(C(C)=O)CC1. The Morgan fingerprint density at radius 3 is 2.55 bits per heavy atom. The molecule has 0 bridgehead atoms. The minimum Gasteiger partial charge on any atom is -0.381 e. The summed E-state index contributed by atoms with van der Waals surface area (Å²) in [5.41, 5.74) is 2.36. The van der Waals surface area contributed by atoms with Crippen molar-refractivity contribution < 1.29 is 14.3 Å². The Morgan fingerprint density at radius 1 is 1.17 bits per heavy atom. The Hall–Kier alpha value is -2.12. The molecule has 160 valence electrons. The molecule has 2 heterocycles. The van der Waals surface area contributed by atoms with Crippen LogP contribution >= 0.6 is 0 Å². The number of nitrogens with zero attached hydrogens (tertiary/aromatic N) is 3. The highest BCUT2D eigenvalue weighted by atomic mass is 16.5. The number of hydrogen-bond donors (Lipinski definition) is 1. The number of carbonyl (C=O) groups excluding carboxylic acids is 1. The van der Waals surface area contributed by atoms with Gasteiger partial charge in [0.15, 0.2) is 5.96 Å². The molecule has 1 N–H and O–H groups in total. The molecule has 0 unspecified atom stereocenters. The monoisotopic (exact) mass is 402 g/mol. The molecule has 0 radical (unpaired) electrons. The smallest absolute Gasteiger partial charge is 0.219 e. The molecule has 1 aromatic rings. The van der Waals surface area contributed by atoms with Gasteiger partial charge in [-0.25, -0.2) is 4.99 Å². The predicted octanol–water partition coefficient (Wildman–Crippen LogP) is 2.01. The summed E-state index contributed by atoms with van der Waals surface area (Å²) in [6.07, 6.45) is 2.26. The van der Waals surface area contributed by atoms with Gasteiger partial charge in [-0.2, -0.15) is 0 Å². The molecule has 1 aromatic carbocycles. The van der Waals surface area contributed by atoms with Crippen LogP contribution in [0.5, 0.6) is 0 Å². The van der Waals surface area contributed by atoms with Gasteiger partial charge in [0, 0.05) is 52.9 Å². The molecule has 7 nitrogen and oxygen atoms in total. The second kappa shape index (κ2) is 11.2. The van der Waals surface area contributed by atoms with Crippen LogP contribution in [0, 0.1) is 0 Å². The minimum atomic E-state index is 0.145. The Morgan fingerprint density at radius 2 is 1.86 bits per heavy atom. The number of guanidine groups is 1. The van der Waals surface area contributed by atoms with Gasteiger partial charge in [0.2, 0.25) is 5.91 Å². The summed E-state index contributed by atoms with van der Waals surface area (Å²) < 4.78 is 11.4. The molecule has 2 saturated heterocycles. The Labute approximate surface area is 174 Å². The first kappa shape index (κ1) is 21.6. The van der Waals surface area contributed by atoms with Gasteiger partial charge >= 0.3 is 0 Å². The van der Waals surface area contributed by atoms with E-state index < -0.39 is 0 Å². The number of carbonyl (C=O) groups is 1. The summed E-state index contributed by atoms with van der Waals surface area (Å²) in [6, 6.07) is 8.48. The van der Waals surface area contributed by atoms with Crippen LogP contribution in [-0.4, -0.2) is 73.7 Å². The van der Waals surface area contributed by atoms with Crippen LogP contribution in [0.2, 0.25) is 0 Å². The third kappa shape index (κ3) is 6.72. The maximum Gasteiger partial charge on any atom is 0.219 e. The van der Waals surface area contributed by atoms with Crippen LogP contribution in [0.4, 0.5) is 0 Å². The molecule has 1 amide bonds. The van der Waals surface area contributed by atoms with Gasteiger partial charge in [-0.05, 0) is 30.9 Å². The Balaban J connectivity index is 1.55. The molecule has 2 aliphatic heterocycles. The van der Waals surface area contributed by atoms with Crippen molar-refractivity contribution in [2.75, 3.05) is 45.9 Å². The quantitative estimate of drug-likeness (QED) is 0.582.